The third-order valence-corrected chi connectivity index (χ3v) is 7.61. The molecule has 2 fully saturated rings. The highest BCUT2D eigenvalue weighted by Gasteiger charge is 2.53. The Morgan fingerprint density at radius 1 is 1.25 bits per heavy atom. The summed E-state index contributed by atoms with van der Waals surface area (Å²) in [6.45, 7) is 2.23. The maximum absolute atomic E-state index is 12.7. The lowest BCUT2D eigenvalue weighted by Gasteiger charge is -2.21. The maximum atomic E-state index is 12.7. The van der Waals surface area contributed by atoms with Crippen molar-refractivity contribution in [3.05, 3.63) is 53.4 Å². The summed E-state index contributed by atoms with van der Waals surface area (Å²) in [5, 5.41) is 5.92. The van der Waals surface area contributed by atoms with Crippen LogP contribution in [-0.4, -0.2) is 60.4 Å². The molecule has 1 N–H and O–H groups in total. The number of benzene rings is 1. The van der Waals surface area contributed by atoms with Gasteiger partial charge in [0.2, 0.25) is 5.91 Å². The van der Waals surface area contributed by atoms with Gasteiger partial charge >= 0.3 is 0 Å². The number of likely N-dealkylation sites (tertiary alicyclic amines) is 1. The summed E-state index contributed by atoms with van der Waals surface area (Å²) < 4.78 is 30.2. The van der Waals surface area contributed by atoms with E-state index < -0.39 is 21.1 Å². The Labute approximate surface area is 162 Å². The number of aromatic nitrogens is 1. The van der Waals surface area contributed by atoms with Gasteiger partial charge in [-0.3, -0.25) is 9.59 Å². The van der Waals surface area contributed by atoms with Gasteiger partial charge in [-0.05, 0) is 19.1 Å². The number of aryl methyl sites for hydroxylation is 1. The lowest BCUT2D eigenvalue weighted by Crippen LogP contribution is -2.43. The highest BCUT2D eigenvalue weighted by atomic mass is 32.2. The summed E-state index contributed by atoms with van der Waals surface area (Å²) in [5.74, 6) is -0.480. The molecule has 0 radical (unpaired) electrons. The molecule has 2 amide bonds. The highest BCUT2D eigenvalue weighted by Crippen LogP contribution is 2.34. The van der Waals surface area contributed by atoms with E-state index in [9.17, 15) is 18.0 Å². The first-order valence-corrected chi connectivity index (χ1v) is 10.8. The first-order valence-electron chi connectivity index (χ1n) is 9.11. The van der Waals surface area contributed by atoms with Crippen LogP contribution in [0.1, 0.15) is 21.8 Å². The maximum Gasteiger partial charge on any atom is 0.253 e. The van der Waals surface area contributed by atoms with Gasteiger partial charge in [-0.2, -0.15) is 0 Å². The SMILES string of the molecule is Cc1cc(CC(=O)N[C@@H]2CS(=O)(=O)[C@H]3CN(C(=O)c4ccccc4)C[C@@H]23)on1. The molecule has 0 aliphatic carbocycles. The second-order valence-electron chi connectivity index (χ2n) is 7.39. The van der Waals surface area contributed by atoms with E-state index in [1.807, 2.05) is 6.07 Å². The molecule has 1 aromatic heterocycles. The molecule has 4 rings (SSSR count). The van der Waals surface area contributed by atoms with Crippen LogP contribution in [-0.2, 0) is 21.1 Å². The number of hydrogen-bond acceptors (Lipinski definition) is 6. The zero-order valence-corrected chi connectivity index (χ0v) is 16.2. The van der Waals surface area contributed by atoms with Gasteiger partial charge in [0.1, 0.15) is 5.76 Å². The standard InChI is InChI=1S/C19H21N3O5S/c1-12-7-14(27-21-12)8-18(23)20-16-11-28(25,26)17-10-22(9-15(16)17)19(24)13-5-3-2-4-6-13/h2-7,15-17H,8-11H2,1H3,(H,20,23)/t15-,16+,17-/m0/s1. The smallest absolute Gasteiger partial charge is 0.253 e. The molecule has 9 heteroatoms. The molecule has 2 saturated heterocycles. The monoisotopic (exact) mass is 403 g/mol. The molecule has 2 aliphatic heterocycles. The van der Waals surface area contributed by atoms with Crippen LogP contribution in [0, 0.1) is 12.8 Å². The van der Waals surface area contributed by atoms with Gasteiger partial charge in [-0.25, -0.2) is 8.42 Å². The summed E-state index contributed by atoms with van der Waals surface area (Å²) in [7, 11) is -3.38. The molecule has 0 saturated carbocycles. The van der Waals surface area contributed by atoms with Crippen LogP contribution in [0.3, 0.4) is 0 Å². The third-order valence-electron chi connectivity index (χ3n) is 5.36. The number of rotatable bonds is 4. The molecule has 0 unspecified atom stereocenters. The average Bonchev–Trinajstić information content (AvgIpc) is 3.32. The van der Waals surface area contributed by atoms with Crippen LogP contribution in [0.4, 0.5) is 0 Å². The Kier molecular flexibility index (Phi) is 4.70. The number of nitrogens with zero attached hydrogens (tertiary/aromatic N) is 2. The molecule has 148 valence electrons. The molecule has 28 heavy (non-hydrogen) atoms. The lowest BCUT2D eigenvalue weighted by atomic mass is 10.0. The van der Waals surface area contributed by atoms with E-state index in [1.165, 1.54) is 0 Å². The van der Waals surface area contributed by atoms with Crippen LogP contribution < -0.4 is 5.32 Å². The molecule has 1 aromatic carbocycles. The zero-order chi connectivity index (χ0) is 19.9. The molecule has 2 aliphatic rings. The van der Waals surface area contributed by atoms with Crippen LogP contribution in [0.2, 0.25) is 0 Å². The molecule has 3 heterocycles. The minimum absolute atomic E-state index is 0.00142. The molecule has 2 aromatic rings. The second-order valence-corrected chi connectivity index (χ2v) is 9.66. The van der Waals surface area contributed by atoms with Gasteiger partial charge in [0.05, 0.1) is 23.1 Å². The highest BCUT2D eigenvalue weighted by molar-refractivity contribution is 7.92. The fourth-order valence-electron chi connectivity index (χ4n) is 4.06. The second kappa shape index (κ2) is 7.05. The number of amides is 2. The number of sulfone groups is 1. The molecular formula is C19H21N3O5S. The Hall–Kier alpha value is -2.68. The van der Waals surface area contributed by atoms with E-state index in [0.29, 0.717) is 23.6 Å². The van der Waals surface area contributed by atoms with E-state index in [4.69, 9.17) is 4.52 Å². The van der Waals surface area contributed by atoms with Gasteiger partial charge in [0.25, 0.3) is 5.91 Å². The van der Waals surface area contributed by atoms with Crippen LogP contribution >= 0.6 is 0 Å². The topological polar surface area (TPSA) is 110 Å². The van der Waals surface area contributed by atoms with Gasteiger partial charge in [0.15, 0.2) is 9.84 Å². The molecule has 8 nitrogen and oxygen atoms in total. The van der Waals surface area contributed by atoms with E-state index >= 15 is 0 Å². The number of carbonyl (C=O) groups excluding carboxylic acids is 2. The Morgan fingerprint density at radius 2 is 2.00 bits per heavy atom. The normalized spacial score (nSPS) is 25.5. The van der Waals surface area contributed by atoms with Gasteiger partial charge < -0.3 is 14.7 Å². The zero-order valence-electron chi connectivity index (χ0n) is 15.4. The van der Waals surface area contributed by atoms with Gasteiger partial charge in [-0.1, -0.05) is 23.4 Å². The van der Waals surface area contributed by atoms with Crippen molar-refractivity contribution in [2.24, 2.45) is 5.92 Å². The quantitative estimate of drug-likeness (QED) is 0.800. The summed E-state index contributed by atoms with van der Waals surface area (Å²) in [6, 6.07) is 9.95. The van der Waals surface area contributed by atoms with Crippen LogP contribution in [0.5, 0.6) is 0 Å². The van der Waals surface area contributed by atoms with Crippen molar-refractivity contribution in [3.63, 3.8) is 0 Å². The van der Waals surface area contributed by atoms with E-state index in [1.54, 1.807) is 42.2 Å². The minimum Gasteiger partial charge on any atom is -0.361 e. The molecular weight excluding hydrogens is 382 g/mol. The van der Waals surface area contributed by atoms with Crippen molar-refractivity contribution < 1.29 is 22.5 Å². The number of nitrogens with one attached hydrogen (secondary N) is 1. The predicted molar refractivity (Wildman–Crippen MR) is 100 cm³/mol. The van der Waals surface area contributed by atoms with E-state index in [0.717, 1.165) is 0 Å². The molecule has 0 bridgehead atoms. The number of hydrogen-bond donors (Lipinski definition) is 1. The van der Waals surface area contributed by atoms with Crippen LogP contribution in [0.15, 0.2) is 40.9 Å². The lowest BCUT2D eigenvalue weighted by molar-refractivity contribution is -0.121. The van der Waals surface area contributed by atoms with E-state index in [2.05, 4.69) is 10.5 Å². The molecule has 0 spiro atoms. The third kappa shape index (κ3) is 3.54. The fourth-order valence-corrected chi connectivity index (χ4v) is 6.35. The average molecular weight is 403 g/mol. The van der Waals surface area contributed by atoms with Crippen LogP contribution in [0.25, 0.3) is 0 Å². The number of carbonyl (C=O) groups is 2. The van der Waals surface area contributed by atoms with Gasteiger partial charge in [0, 0.05) is 36.7 Å². The summed E-state index contributed by atoms with van der Waals surface area (Å²) in [6.07, 6.45) is 0.00142. The number of fused-ring (bicyclic) bond motifs is 1. The van der Waals surface area contributed by atoms with Crippen molar-refractivity contribution in [2.75, 3.05) is 18.8 Å². The van der Waals surface area contributed by atoms with Crippen molar-refractivity contribution in [1.29, 1.82) is 0 Å². The van der Waals surface area contributed by atoms with Crippen molar-refractivity contribution >= 4 is 21.7 Å². The van der Waals surface area contributed by atoms with E-state index in [-0.39, 0.29) is 36.5 Å². The van der Waals surface area contributed by atoms with Crippen molar-refractivity contribution in [2.45, 2.75) is 24.6 Å². The fraction of sp³-hybridized carbons (Fsp3) is 0.421. The summed E-state index contributed by atoms with van der Waals surface area (Å²) in [5.41, 5.74) is 1.21. The summed E-state index contributed by atoms with van der Waals surface area (Å²) in [4.78, 5) is 26.6. The predicted octanol–water partition coefficient (Wildman–Crippen LogP) is 0.580. The first kappa shape index (κ1) is 18.7. The largest absolute Gasteiger partial charge is 0.361 e. The minimum atomic E-state index is -3.38. The van der Waals surface area contributed by atoms with Crippen molar-refractivity contribution in [3.8, 4) is 0 Å². The van der Waals surface area contributed by atoms with Crippen molar-refractivity contribution in [1.82, 2.24) is 15.4 Å². The Bertz CT molecular complexity index is 1000. The first-order chi connectivity index (χ1) is 13.3. The summed E-state index contributed by atoms with van der Waals surface area (Å²) >= 11 is 0. The Morgan fingerprint density at radius 3 is 2.68 bits per heavy atom. The Balaban J connectivity index is 1.46. The molecule has 3 atom stereocenters. The van der Waals surface area contributed by atoms with Gasteiger partial charge in [-0.15, -0.1) is 0 Å².